The van der Waals surface area contributed by atoms with E-state index in [4.69, 9.17) is 0 Å². The molecule has 5 nitrogen and oxygen atoms in total. The first-order valence-corrected chi connectivity index (χ1v) is 8.03. The average molecular weight is 295 g/mol. The lowest BCUT2D eigenvalue weighted by molar-refractivity contribution is -0.122. The van der Waals surface area contributed by atoms with E-state index in [9.17, 15) is 9.59 Å². The summed E-state index contributed by atoms with van der Waals surface area (Å²) in [4.78, 5) is 24.9. The van der Waals surface area contributed by atoms with E-state index < -0.39 is 0 Å². The molecule has 0 aliphatic heterocycles. The van der Waals surface area contributed by atoms with Crippen molar-refractivity contribution >= 4 is 23.2 Å². The molecule has 20 heavy (non-hydrogen) atoms. The summed E-state index contributed by atoms with van der Waals surface area (Å²) in [5.74, 6) is 0.191. The van der Waals surface area contributed by atoms with Crippen molar-refractivity contribution < 1.29 is 9.59 Å². The Balaban J connectivity index is 2.09. The maximum atomic E-state index is 12.3. The van der Waals surface area contributed by atoms with Crippen LogP contribution in [0.15, 0.2) is 0 Å². The van der Waals surface area contributed by atoms with E-state index in [0.29, 0.717) is 17.0 Å². The second-order valence-electron chi connectivity index (χ2n) is 5.36. The summed E-state index contributed by atoms with van der Waals surface area (Å²) < 4.78 is 3.77. The molecule has 0 bridgehead atoms. The maximum Gasteiger partial charge on any atom is 0.265 e. The van der Waals surface area contributed by atoms with Crippen LogP contribution in [0.2, 0.25) is 0 Å². The van der Waals surface area contributed by atoms with Crippen molar-refractivity contribution in [1.82, 2.24) is 14.9 Å². The Morgan fingerprint density at radius 1 is 1.35 bits per heavy atom. The van der Waals surface area contributed by atoms with Gasteiger partial charge in [-0.05, 0) is 37.2 Å². The molecule has 0 radical (unpaired) electrons. The molecule has 1 unspecified atom stereocenters. The Hall–Kier alpha value is -1.30. The molecule has 6 heteroatoms. The number of hydrogen-bond donors (Lipinski definition) is 1. The lowest BCUT2D eigenvalue weighted by Gasteiger charge is -2.29. The van der Waals surface area contributed by atoms with Crippen LogP contribution in [-0.4, -0.2) is 27.3 Å². The lowest BCUT2D eigenvalue weighted by atomic mass is 9.81. The Bertz CT molecular complexity index is 481. The standard InChI is InChI=1S/C14H21N3O2S/c1-3-11(18)12(10-7-5-4-6-8-10)15-14(19)13-9(2)16-17-20-13/h10,12H,3-8H2,1-2H3,(H,15,19). The third kappa shape index (κ3) is 3.42. The van der Waals surface area contributed by atoms with Gasteiger partial charge in [-0.3, -0.25) is 9.59 Å². The van der Waals surface area contributed by atoms with Crippen molar-refractivity contribution in [1.29, 1.82) is 0 Å². The fourth-order valence-corrected chi connectivity index (χ4v) is 3.35. The number of rotatable bonds is 5. The van der Waals surface area contributed by atoms with Crippen LogP contribution in [0.4, 0.5) is 0 Å². The van der Waals surface area contributed by atoms with Gasteiger partial charge >= 0.3 is 0 Å². The molecule has 0 spiro atoms. The lowest BCUT2D eigenvalue weighted by Crippen LogP contribution is -2.46. The fourth-order valence-electron chi connectivity index (χ4n) is 2.80. The number of hydrogen-bond acceptors (Lipinski definition) is 5. The van der Waals surface area contributed by atoms with Crippen LogP contribution in [0.1, 0.15) is 60.8 Å². The SMILES string of the molecule is CCC(=O)C(NC(=O)c1snnc1C)C1CCCCC1. The van der Waals surface area contributed by atoms with E-state index in [0.717, 1.165) is 37.2 Å². The largest absolute Gasteiger partial charge is 0.341 e. The first-order chi connectivity index (χ1) is 9.63. The van der Waals surface area contributed by atoms with Crippen molar-refractivity contribution in [2.45, 2.75) is 58.4 Å². The average Bonchev–Trinajstić information content (AvgIpc) is 2.91. The summed E-state index contributed by atoms with van der Waals surface area (Å²) in [5.41, 5.74) is 0.624. The number of aromatic nitrogens is 2. The van der Waals surface area contributed by atoms with Crippen LogP contribution in [0.3, 0.4) is 0 Å². The minimum Gasteiger partial charge on any atom is -0.341 e. The highest BCUT2D eigenvalue weighted by molar-refractivity contribution is 7.08. The first kappa shape index (κ1) is 15.1. The third-order valence-electron chi connectivity index (χ3n) is 3.96. The van der Waals surface area contributed by atoms with Crippen LogP contribution in [0.25, 0.3) is 0 Å². The van der Waals surface area contributed by atoms with E-state index in [1.807, 2.05) is 6.92 Å². The summed E-state index contributed by atoms with van der Waals surface area (Å²) in [5, 5.41) is 6.77. The van der Waals surface area contributed by atoms with E-state index in [1.165, 1.54) is 6.42 Å². The molecule has 0 saturated heterocycles. The van der Waals surface area contributed by atoms with Crippen molar-refractivity contribution in [2.75, 3.05) is 0 Å². The molecule has 2 rings (SSSR count). The summed E-state index contributed by atoms with van der Waals surface area (Å²) >= 11 is 1.08. The molecule has 0 aromatic carbocycles. The number of Topliss-reactive ketones (excluding diaryl/α,β-unsaturated/α-hetero) is 1. The highest BCUT2D eigenvalue weighted by atomic mass is 32.1. The second kappa shape index (κ2) is 6.92. The van der Waals surface area contributed by atoms with Crippen LogP contribution >= 0.6 is 11.5 Å². The number of carbonyl (C=O) groups is 2. The number of amides is 1. The predicted molar refractivity (Wildman–Crippen MR) is 77.8 cm³/mol. The van der Waals surface area contributed by atoms with Crippen LogP contribution in [-0.2, 0) is 4.79 Å². The molecule has 1 N–H and O–H groups in total. The van der Waals surface area contributed by atoms with Gasteiger partial charge in [0.05, 0.1) is 11.7 Å². The monoisotopic (exact) mass is 295 g/mol. The first-order valence-electron chi connectivity index (χ1n) is 7.26. The summed E-state index contributed by atoms with van der Waals surface area (Å²) in [7, 11) is 0. The van der Waals surface area contributed by atoms with Gasteiger partial charge in [0.15, 0.2) is 5.78 Å². The topological polar surface area (TPSA) is 72.0 Å². The van der Waals surface area contributed by atoms with Gasteiger partial charge in [0.25, 0.3) is 5.91 Å². The van der Waals surface area contributed by atoms with Crippen LogP contribution in [0, 0.1) is 12.8 Å². The van der Waals surface area contributed by atoms with Crippen molar-refractivity contribution in [2.24, 2.45) is 5.92 Å². The Morgan fingerprint density at radius 2 is 2.05 bits per heavy atom. The normalized spacial score (nSPS) is 17.7. The third-order valence-corrected chi connectivity index (χ3v) is 4.79. The molecule has 1 fully saturated rings. The van der Waals surface area contributed by atoms with Crippen LogP contribution < -0.4 is 5.32 Å². The molecule has 1 aromatic rings. The number of nitrogens with one attached hydrogen (secondary N) is 1. The highest BCUT2D eigenvalue weighted by Gasteiger charge is 2.30. The summed E-state index contributed by atoms with van der Waals surface area (Å²) in [6.45, 7) is 3.61. The molecule has 110 valence electrons. The quantitative estimate of drug-likeness (QED) is 0.906. The number of nitrogens with zero attached hydrogens (tertiary/aromatic N) is 2. The molecule has 1 aliphatic carbocycles. The zero-order chi connectivity index (χ0) is 14.5. The van der Waals surface area contributed by atoms with Gasteiger partial charge < -0.3 is 5.32 Å². The van der Waals surface area contributed by atoms with Gasteiger partial charge in [-0.1, -0.05) is 30.7 Å². The smallest absolute Gasteiger partial charge is 0.265 e. The van der Waals surface area contributed by atoms with Gasteiger partial charge in [0.1, 0.15) is 4.88 Å². The van der Waals surface area contributed by atoms with Gasteiger partial charge in [0.2, 0.25) is 0 Å². The molecule has 1 atom stereocenters. The maximum absolute atomic E-state index is 12.3. The highest BCUT2D eigenvalue weighted by Crippen LogP contribution is 2.27. The molecule has 1 saturated carbocycles. The Kier molecular flexibility index (Phi) is 5.23. The number of ketones is 1. The minimum absolute atomic E-state index is 0.125. The van der Waals surface area contributed by atoms with E-state index in [2.05, 4.69) is 14.9 Å². The molecule has 1 heterocycles. The summed E-state index contributed by atoms with van der Waals surface area (Å²) in [6.07, 6.45) is 6.04. The molecule has 1 amide bonds. The van der Waals surface area contributed by atoms with Gasteiger partial charge in [-0.2, -0.15) is 0 Å². The van der Waals surface area contributed by atoms with Gasteiger partial charge in [0, 0.05) is 6.42 Å². The minimum atomic E-state index is -0.353. The molecule has 1 aliphatic rings. The second-order valence-corrected chi connectivity index (χ2v) is 6.11. The van der Waals surface area contributed by atoms with Crippen molar-refractivity contribution in [3.63, 3.8) is 0 Å². The van der Waals surface area contributed by atoms with E-state index >= 15 is 0 Å². The summed E-state index contributed by atoms with van der Waals surface area (Å²) in [6, 6.07) is -0.353. The molecular weight excluding hydrogens is 274 g/mol. The fraction of sp³-hybridized carbons (Fsp3) is 0.714. The van der Waals surface area contributed by atoms with E-state index in [1.54, 1.807) is 6.92 Å². The number of aryl methyl sites for hydroxylation is 1. The van der Waals surface area contributed by atoms with Crippen molar-refractivity contribution in [3.05, 3.63) is 10.6 Å². The molecular formula is C14H21N3O2S. The van der Waals surface area contributed by atoms with Gasteiger partial charge in [-0.25, -0.2) is 0 Å². The van der Waals surface area contributed by atoms with Crippen molar-refractivity contribution in [3.8, 4) is 0 Å². The predicted octanol–water partition coefficient (Wildman–Crippen LogP) is 2.50. The Labute approximate surface area is 123 Å². The zero-order valence-corrected chi connectivity index (χ0v) is 12.8. The Morgan fingerprint density at radius 3 is 2.60 bits per heavy atom. The van der Waals surface area contributed by atoms with E-state index in [-0.39, 0.29) is 23.7 Å². The van der Waals surface area contributed by atoms with Gasteiger partial charge in [-0.15, -0.1) is 5.10 Å². The molecule has 1 aromatic heterocycles. The number of carbonyl (C=O) groups excluding carboxylic acids is 2. The zero-order valence-electron chi connectivity index (χ0n) is 12.0. The van der Waals surface area contributed by atoms with Crippen LogP contribution in [0.5, 0.6) is 0 Å².